The van der Waals surface area contributed by atoms with Crippen molar-refractivity contribution >= 4 is 31.7 Å². The average Bonchev–Trinajstić information content (AvgIpc) is 2.65. The van der Waals surface area contributed by atoms with Crippen molar-refractivity contribution in [3.63, 3.8) is 0 Å². The predicted molar refractivity (Wildman–Crippen MR) is 123 cm³/mol. The first-order valence-corrected chi connectivity index (χ1v) is 13.8. The highest BCUT2D eigenvalue weighted by Crippen LogP contribution is 2.36. The van der Waals surface area contributed by atoms with Gasteiger partial charge in [0.2, 0.25) is 5.91 Å². The zero-order chi connectivity index (χ0) is 20.6. The average molecular weight is 416 g/mol. The molecule has 2 aromatic rings. The Hall–Kier alpha value is -1.56. The first-order chi connectivity index (χ1) is 13.2. The second-order valence-electron chi connectivity index (χ2n) is 8.57. The lowest BCUT2D eigenvalue weighted by molar-refractivity contribution is -0.119. The standard InChI is InChI=1S/C23H33NO2SSi/c1-23(2,3)28(4,5)26-17-16-19(18-27-21-14-10-7-11-15-21)22(25)24-20-12-8-6-9-13-20/h6-15,19H,16-18H2,1-5H3,(H,24,25). The molecule has 5 heteroatoms. The summed E-state index contributed by atoms with van der Waals surface area (Å²) in [5, 5.41) is 3.23. The van der Waals surface area contributed by atoms with Gasteiger partial charge in [0.05, 0.1) is 0 Å². The van der Waals surface area contributed by atoms with E-state index in [-0.39, 0.29) is 16.9 Å². The van der Waals surface area contributed by atoms with Crippen molar-refractivity contribution in [1.82, 2.24) is 0 Å². The summed E-state index contributed by atoms with van der Waals surface area (Å²) in [7, 11) is -1.81. The quantitative estimate of drug-likeness (QED) is 0.378. The Bertz CT molecular complexity index is 729. The molecule has 0 spiro atoms. The highest BCUT2D eigenvalue weighted by molar-refractivity contribution is 7.99. The minimum absolute atomic E-state index is 0.0634. The van der Waals surface area contributed by atoms with Gasteiger partial charge in [0, 0.05) is 28.9 Å². The summed E-state index contributed by atoms with van der Waals surface area (Å²) in [6.45, 7) is 11.9. The second kappa shape index (κ2) is 10.3. The molecule has 0 bridgehead atoms. The van der Waals surface area contributed by atoms with Crippen LogP contribution in [0.25, 0.3) is 0 Å². The van der Waals surface area contributed by atoms with Gasteiger partial charge in [-0.05, 0) is 48.8 Å². The van der Waals surface area contributed by atoms with Crippen molar-refractivity contribution in [1.29, 1.82) is 0 Å². The van der Waals surface area contributed by atoms with Crippen molar-refractivity contribution in [2.24, 2.45) is 5.92 Å². The molecule has 0 aliphatic heterocycles. The van der Waals surface area contributed by atoms with Gasteiger partial charge in [-0.25, -0.2) is 0 Å². The Labute approximate surface area is 175 Å². The van der Waals surface area contributed by atoms with E-state index in [4.69, 9.17) is 4.43 Å². The number of carbonyl (C=O) groups is 1. The van der Waals surface area contributed by atoms with Gasteiger partial charge in [-0.1, -0.05) is 57.2 Å². The molecule has 2 rings (SSSR count). The highest BCUT2D eigenvalue weighted by Gasteiger charge is 2.37. The molecule has 0 fully saturated rings. The normalized spacial score (nSPS) is 13.2. The van der Waals surface area contributed by atoms with Crippen LogP contribution < -0.4 is 5.32 Å². The van der Waals surface area contributed by atoms with E-state index in [9.17, 15) is 4.79 Å². The summed E-state index contributed by atoms with van der Waals surface area (Å²) in [6, 6.07) is 19.9. The first kappa shape index (κ1) is 22.7. The van der Waals surface area contributed by atoms with E-state index in [1.807, 2.05) is 48.5 Å². The summed E-state index contributed by atoms with van der Waals surface area (Å²) in [4.78, 5) is 14.1. The van der Waals surface area contributed by atoms with Crippen molar-refractivity contribution < 1.29 is 9.22 Å². The third kappa shape index (κ3) is 7.11. The Balaban J connectivity index is 1.99. The minimum Gasteiger partial charge on any atom is -0.417 e. The van der Waals surface area contributed by atoms with Gasteiger partial charge in [0.25, 0.3) is 0 Å². The van der Waals surface area contributed by atoms with Crippen LogP contribution in [0.4, 0.5) is 5.69 Å². The van der Waals surface area contributed by atoms with E-state index in [2.05, 4.69) is 51.3 Å². The summed E-state index contributed by atoms with van der Waals surface area (Å²) in [5.41, 5.74) is 0.840. The summed E-state index contributed by atoms with van der Waals surface area (Å²) < 4.78 is 6.33. The Morgan fingerprint density at radius 2 is 1.61 bits per heavy atom. The van der Waals surface area contributed by atoms with E-state index < -0.39 is 8.32 Å². The molecule has 0 heterocycles. The van der Waals surface area contributed by atoms with Gasteiger partial charge in [-0.3, -0.25) is 4.79 Å². The molecule has 0 radical (unpaired) electrons. The van der Waals surface area contributed by atoms with Gasteiger partial charge < -0.3 is 9.74 Å². The van der Waals surface area contributed by atoms with Crippen LogP contribution in [0, 0.1) is 5.92 Å². The molecule has 0 saturated heterocycles. The van der Waals surface area contributed by atoms with Gasteiger partial charge in [-0.15, -0.1) is 11.8 Å². The number of carbonyl (C=O) groups excluding carboxylic acids is 1. The molecule has 1 atom stereocenters. The minimum atomic E-state index is -1.81. The number of thioether (sulfide) groups is 1. The van der Waals surface area contributed by atoms with Crippen LogP contribution in [-0.2, 0) is 9.22 Å². The fraction of sp³-hybridized carbons (Fsp3) is 0.435. The molecule has 0 aliphatic rings. The van der Waals surface area contributed by atoms with E-state index in [0.717, 1.165) is 17.9 Å². The number of rotatable bonds is 9. The molecule has 0 aliphatic carbocycles. The molecule has 0 aromatic heterocycles. The maximum Gasteiger partial charge on any atom is 0.228 e. The fourth-order valence-corrected chi connectivity index (χ4v) is 4.56. The third-order valence-electron chi connectivity index (χ3n) is 5.34. The SMILES string of the molecule is CC(C)(C)[Si](C)(C)OCCC(CSc1ccccc1)C(=O)Nc1ccccc1. The van der Waals surface area contributed by atoms with Crippen molar-refractivity contribution in [3.05, 3.63) is 60.7 Å². The van der Waals surface area contributed by atoms with E-state index in [1.165, 1.54) is 4.90 Å². The smallest absolute Gasteiger partial charge is 0.228 e. The van der Waals surface area contributed by atoms with Gasteiger partial charge in [-0.2, -0.15) is 0 Å². The molecule has 2 aromatic carbocycles. The number of anilines is 1. The number of benzene rings is 2. The molecular weight excluding hydrogens is 382 g/mol. The lowest BCUT2D eigenvalue weighted by atomic mass is 10.1. The van der Waals surface area contributed by atoms with Gasteiger partial charge in [0.1, 0.15) is 0 Å². The summed E-state index contributed by atoms with van der Waals surface area (Å²) in [6.07, 6.45) is 0.727. The maximum atomic E-state index is 12.9. The van der Waals surface area contributed by atoms with Crippen LogP contribution in [0.1, 0.15) is 27.2 Å². The van der Waals surface area contributed by atoms with E-state index in [1.54, 1.807) is 11.8 Å². The topological polar surface area (TPSA) is 38.3 Å². The third-order valence-corrected chi connectivity index (χ3v) is 11.1. The number of hydrogen-bond donors (Lipinski definition) is 1. The van der Waals surface area contributed by atoms with Crippen LogP contribution >= 0.6 is 11.8 Å². The lowest BCUT2D eigenvalue weighted by Gasteiger charge is -2.36. The summed E-state index contributed by atoms with van der Waals surface area (Å²) in [5.74, 6) is 0.701. The number of para-hydroxylation sites is 1. The van der Waals surface area contributed by atoms with Gasteiger partial charge in [0.15, 0.2) is 8.32 Å². The van der Waals surface area contributed by atoms with Crippen LogP contribution in [0.2, 0.25) is 18.1 Å². The van der Waals surface area contributed by atoms with E-state index >= 15 is 0 Å². The monoisotopic (exact) mass is 415 g/mol. The van der Waals surface area contributed by atoms with Crippen LogP contribution in [0.15, 0.2) is 65.6 Å². The van der Waals surface area contributed by atoms with E-state index in [0.29, 0.717) is 6.61 Å². The summed E-state index contributed by atoms with van der Waals surface area (Å²) >= 11 is 1.73. The van der Waals surface area contributed by atoms with Crippen LogP contribution in [0.5, 0.6) is 0 Å². The first-order valence-electron chi connectivity index (χ1n) is 9.87. The molecule has 152 valence electrons. The van der Waals surface area contributed by atoms with Crippen molar-refractivity contribution in [2.75, 3.05) is 17.7 Å². The maximum absolute atomic E-state index is 12.9. The van der Waals surface area contributed by atoms with Gasteiger partial charge >= 0.3 is 0 Å². The van der Waals surface area contributed by atoms with Crippen molar-refractivity contribution in [2.45, 2.75) is 50.2 Å². The number of amides is 1. The zero-order valence-electron chi connectivity index (χ0n) is 17.7. The Morgan fingerprint density at radius 3 is 2.18 bits per heavy atom. The highest BCUT2D eigenvalue weighted by atomic mass is 32.2. The number of nitrogens with one attached hydrogen (secondary N) is 1. The molecule has 1 amide bonds. The molecule has 0 saturated carbocycles. The fourth-order valence-electron chi connectivity index (χ4n) is 2.44. The van der Waals surface area contributed by atoms with Crippen molar-refractivity contribution in [3.8, 4) is 0 Å². The Kier molecular flexibility index (Phi) is 8.34. The predicted octanol–water partition coefficient (Wildman–Crippen LogP) is 6.45. The van der Waals surface area contributed by atoms with Crippen LogP contribution in [0.3, 0.4) is 0 Å². The molecule has 28 heavy (non-hydrogen) atoms. The second-order valence-corrected chi connectivity index (χ2v) is 14.5. The molecule has 1 unspecified atom stereocenters. The molecular formula is C23H33NO2SSi. The van der Waals surface area contributed by atoms with Crippen LogP contribution in [-0.4, -0.2) is 26.6 Å². The molecule has 1 N–H and O–H groups in total. The zero-order valence-corrected chi connectivity index (χ0v) is 19.5. The molecule has 3 nitrogen and oxygen atoms in total. The lowest BCUT2D eigenvalue weighted by Crippen LogP contribution is -2.41. The largest absolute Gasteiger partial charge is 0.417 e. The Morgan fingerprint density at radius 1 is 1.04 bits per heavy atom. The number of hydrogen-bond acceptors (Lipinski definition) is 3.